The Morgan fingerprint density at radius 2 is 0.826 bits per heavy atom. The first-order valence-corrected chi connectivity index (χ1v) is 21.4. The Kier molecular flexibility index (Phi) is 35.5. The molecule has 2 N–H and O–H groups in total. The number of carbonyl (C=O) groups excluding carboxylic acids is 1. The van der Waals surface area contributed by atoms with Crippen molar-refractivity contribution in [3.63, 3.8) is 0 Å². The summed E-state index contributed by atoms with van der Waals surface area (Å²) in [4.78, 5) is 30.5. The lowest BCUT2D eigenvalue weighted by molar-refractivity contribution is -0.154. The topological polar surface area (TPSA) is 102 Å². The van der Waals surface area contributed by atoms with Gasteiger partial charge in [0, 0.05) is 13.0 Å². The standard InChI is InChI=1S/C38H77O7P/c1-3-5-7-9-11-13-15-17-18-19-20-21-22-24-26-28-30-32-34-43-35-37(36-44-46(40,41)42)45-38(39)33-31-29-27-25-23-16-14-12-10-8-6-4-2/h37H,3-36H2,1-2H3,(H2,40,41,42)/t37-/m1/s1. The van der Waals surface area contributed by atoms with Gasteiger partial charge in [0.15, 0.2) is 0 Å². The van der Waals surface area contributed by atoms with Crippen LogP contribution in [-0.2, 0) is 23.4 Å². The van der Waals surface area contributed by atoms with Crippen molar-refractivity contribution in [3.05, 3.63) is 0 Å². The normalized spacial score (nSPS) is 12.5. The second-order valence-electron chi connectivity index (χ2n) is 13.6. The molecule has 7 nitrogen and oxygen atoms in total. The van der Waals surface area contributed by atoms with E-state index in [2.05, 4.69) is 18.4 Å². The zero-order chi connectivity index (χ0) is 33.8. The Hall–Kier alpha value is -0.460. The number of esters is 1. The molecular weight excluding hydrogens is 599 g/mol. The summed E-state index contributed by atoms with van der Waals surface area (Å²) >= 11 is 0. The van der Waals surface area contributed by atoms with Crippen molar-refractivity contribution < 1.29 is 33.1 Å². The maximum atomic E-state index is 12.3. The van der Waals surface area contributed by atoms with E-state index in [0.29, 0.717) is 13.0 Å². The molecule has 0 aromatic heterocycles. The third-order valence-electron chi connectivity index (χ3n) is 8.91. The lowest BCUT2D eigenvalue weighted by Gasteiger charge is -2.18. The van der Waals surface area contributed by atoms with Crippen molar-refractivity contribution in [2.45, 2.75) is 219 Å². The zero-order valence-corrected chi connectivity index (χ0v) is 31.4. The van der Waals surface area contributed by atoms with Crippen molar-refractivity contribution >= 4 is 13.8 Å². The van der Waals surface area contributed by atoms with Crippen LogP contribution in [0.3, 0.4) is 0 Å². The summed E-state index contributed by atoms with van der Waals surface area (Å²) in [5, 5.41) is 0. The van der Waals surface area contributed by atoms with Crippen LogP contribution in [0.1, 0.15) is 213 Å². The van der Waals surface area contributed by atoms with Gasteiger partial charge in [-0.1, -0.05) is 194 Å². The quantitative estimate of drug-likeness (QED) is 0.0381. The predicted octanol–water partition coefficient (Wildman–Crippen LogP) is 12.2. The molecular formula is C38H77O7P. The van der Waals surface area contributed by atoms with E-state index >= 15 is 0 Å². The Morgan fingerprint density at radius 1 is 0.500 bits per heavy atom. The molecule has 46 heavy (non-hydrogen) atoms. The van der Waals surface area contributed by atoms with Crippen LogP contribution in [0.25, 0.3) is 0 Å². The summed E-state index contributed by atoms with van der Waals surface area (Å²) in [7, 11) is -4.64. The number of phosphoric acid groups is 1. The second-order valence-corrected chi connectivity index (χ2v) is 14.9. The monoisotopic (exact) mass is 677 g/mol. The number of ether oxygens (including phenoxy) is 2. The molecule has 0 saturated carbocycles. The fraction of sp³-hybridized carbons (Fsp3) is 0.974. The van der Waals surface area contributed by atoms with Gasteiger partial charge in [-0.2, -0.15) is 0 Å². The summed E-state index contributed by atoms with van der Waals surface area (Å²) in [5.41, 5.74) is 0. The average Bonchev–Trinajstić information content (AvgIpc) is 3.02. The molecule has 0 radical (unpaired) electrons. The minimum absolute atomic E-state index is 0.0865. The van der Waals surface area contributed by atoms with E-state index < -0.39 is 13.9 Å². The Bertz CT molecular complexity index is 669. The Balaban J connectivity index is 3.73. The summed E-state index contributed by atoms with van der Waals surface area (Å²) in [5.74, 6) is -0.358. The highest BCUT2D eigenvalue weighted by molar-refractivity contribution is 7.46. The first-order chi connectivity index (χ1) is 22.4. The van der Waals surface area contributed by atoms with Gasteiger partial charge in [0.1, 0.15) is 6.10 Å². The second kappa shape index (κ2) is 35.8. The van der Waals surface area contributed by atoms with Gasteiger partial charge in [0.25, 0.3) is 0 Å². The summed E-state index contributed by atoms with van der Waals surface area (Å²) < 4.78 is 26.9. The van der Waals surface area contributed by atoms with Crippen molar-refractivity contribution in [2.75, 3.05) is 19.8 Å². The molecule has 0 aliphatic carbocycles. The van der Waals surface area contributed by atoms with E-state index in [1.54, 1.807) is 0 Å². The number of rotatable bonds is 38. The zero-order valence-electron chi connectivity index (χ0n) is 30.5. The number of carbonyl (C=O) groups is 1. The van der Waals surface area contributed by atoms with Gasteiger partial charge in [-0.05, 0) is 12.8 Å². The van der Waals surface area contributed by atoms with Crippen molar-refractivity contribution in [2.24, 2.45) is 0 Å². The molecule has 0 aromatic rings. The van der Waals surface area contributed by atoms with E-state index in [0.717, 1.165) is 32.1 Å². The molecule has 8 heteroatoms. The van der Waals surface area contributed by atoms with Crippen LogP contribution in [-0.4, -0.2) is 41.7 Å². The van der Waals surface area contributed by atoms with Gasteiger partial charge in [-0.25, -0.2) is 4.57 Å². The number of phosphoric ester groups is 1. The largest absolute Gasteiger partial charge is 0.469 e. The van der Waals surface area contributed by atoms with E-state index in [1.165, 1.54) is 161 Å². The molecule has 0 fully saturated rings. The molecule has 0 aliphatic rings. The summed E-state index contributed by atoms with van der Waals surface area (Å²) in [6, 6.07) is 0. The van der Waals surface area contributed by atoms with E-state index in [1.807, 2.05) is 0 Å². The molecule has 0 aromatic carbocycles. The van der Waals surface area contributed by atoms with Crippen LogP contribution >= 0.6 is 7.82 Å². The highest BCUT2D eigenvalue weighted by atomic mass is 31.2. The van der Waals surface area contributed by atoms with Crippen LogP contribution in [0.15, 0.2) is 0 Å². The van der Waals surface area contributed by atoms with Gasteiger partial charge < -0.3 is 19.3 Å². The van der Waals surface area contributed by atoms with Crippen LogP contribution in [0.2, 0.25) is 0 Å². The lowest BCUT2D eigenvalue weighted by atomic mass is 10.0. The maximum absolute atomic E-state index is 12.3. The molecule has 1 atom stereocenters. The fourth-order valence-electron chi connectivity index (χ4n) is 5.97. The molecule has 0 bridgehead atoms. The van der Waals surface area contributed by atoms with Gasteiger partial charge >= 0.3 is 13.8 Å². The molecule has 0 aliphatic heterocycles. The van der Waals surface area contributed by atoms with Gasteiger partial charge in [-0.15, -0.1) is 0 Å². The van der Waals surface area contributed by atoms with Crippen LogP contribution in [0.5, 0.6) is 0 Å². The molecule has 0 heterocycles. The van der Waals surface area contributed by atoms with Crippen LogP contribution < -0.4 is 0 Å². The molecule has 276 valence electrons. The van der Waals surface area contributed by atoms with Crippen molar-refractivity contribution in [1.29, 1.82) is 0 Å². The fourth-order valence-corrected chi connectivity index (χ4v) is 6.33. The SMILES string of the molecule is CCCCCCCCCCCCCCCCCCCCOC[C@H](COP(=O)(O)O)OC(=O)CCCCCCCCCCCCCC. The highest BCUT2D eigenvalue weighted by Gasteiger charge is 2.21. The predicted molar refractivity (Wildman–Crippen MR) is 193 cm³/mol. The summed E-state index contributed by atoms with van der Waals surface area (Å²) in [6.07, 6.45) is 38.1. The van der Waals surface area contributed by atoms with Crippen molar-refractivity contribution in [1.82, 2.24) is 0 Å². The lowest BCUT2D eigenvalue weighted by Crippen LogP contribution is -2.28. The van der Waals surface area contributed by atoms with E-state index in [-0.39, 0.29) is 19.2 Å². The molecule has 0 spiro atoms. The van der Waals surface area contributed by atoms with Crippen LogP contribution in [0.4, 0.5) is 0 Å². The smallest absolute Gasteiger partial charge is 0.457 e. The van der Waals surface area contributed by atoms with E-state index in [4.69, 9.17) is 19.3 Å². The number of hydrogen-bond donors (Lipinski definition) is 2. The molecule has 0 amide bonds. The molecule has 0 saturated heterocycles. The Labute approximate surface area is 285 Å². The van der Waals surface area contributed by atoms with Gasteiger partial charge in [-0.3, -0.25) is 9.32 Å². The first kappa shape index (κ1) is 45.5. The minimum atomic E-state index is -4.64. The molecule has 0 rings (SSSR count). The Morgan fingerprint density at radius 3 is 1.17 bits per heavy atom. The first-order valence-electron chi connectivity index (χ1n) is 19.9. The molecule has 0 unspecified atom stereocenters. The minimum Gasteiger partial charge on any atom is -0.457 e. The highest BCUT2D eigenvalue weighted by Crippen LogP contribution is 2.36. The van der Waals surface area contributed by atoms with E-state index in [9.17, 15) is 9.36 Å². The third-order valence-corrected chi connectivity index (χ3v) is 9.39. The summed E-state index contributed by atoms with van der Waals surface area (Å²) in [6.45, 7) is 4.79. The van der Waals surface area contributed by atoms with Gasteiger partial charge in [0.05, 0.1) is 13.2 Å². The van der Waals surface area contributed by atoms with Gasteiger partial charge in [0.2, 0.25) is 0 Å². The maximum Gasteiger partial charge on any atom is 0.469 e. The third kappa shape index (κ3) is 38.0. The average molecular weight is 677 g/mol. The van der Waals surface area contributed by atoms with Crippen molar-refractivity contribution in [3.8, 4) is 0 Å². The number of unbranched alkanes of at least 4 members (excludes halogenated alkanes) is 28. The number of hydrogen-bond acceptors (Lipinski definition) is 5. The van der Waals surface area contributed by atoms with Crippen LogP contribution in [0, 0.1) is 0 Å².